The first-order chi connectivity index (χ1) is 15.3. The van der Waals surface area contributed by atoms with E-state index in [4.69, 9.17) is 9.78 Å². The smallest absolute Gasteiger partial charge is 0.223 e. The Morgan fingerprint density at radius 1 is 0.667 bits per heavy atom. The number of phenols is 4. The van der Waals surface area contributed by atoms with Crippen molar-refractivity contribution >= 4 is 0 Å². The van der Waals surface area contributed by atoms with Gasteiger partial charge in [0.05, 0.1) is 0 Å². The number of hydrogen-bond donors (Lipinski definition) is 4. The summed E-state index contributed by atoms with van der Waals surface area (Å²) in [6.45, 7) is 12.4. The fraction of sp³-hybridized carbons (Fsp3) is 0.333. The second-order valence-electron chi connectivity index (χ2n) is 10.3. The molecule has 0 saturated carbocycles. The number of hydrogen-bond acceptors (Lipinski definition) is 6. The van der Waals surface area contributed by atoms with Crippen molar-refractivity contribution in [3.8, 4) is 34.5 Å². The van der Waals surface area contributed by atoms with Gasteiger partial charge in [0.2, 0.25) is 11.5 Å². The Bertz CT molecular complexity index is 1140. The van der Waals surface area contributed by atoms with E-state index >= 15 is 0 Å². The second kappa shape index (κ2) is 8.77. The van der Waals surface area contributed by atoms with E-state index in [1.165, 1.54) is 6.07 Å². The lowest BCUT2D eigenvalue weighted by Crippen LogP contribution is -2.18. The van der Waals surface area contributed by atoms with Gasteiger partial charge < -0.3 is 20.4 Å². The molecule has 0 heterocycles. The third-order valence-electron chi connectivity index (χ3n) is 5.50. The van der Waals surface area contributed by atoms with E-state index < -0.39 is 5.75 Å². The van der Waals surface area contributed by atoms with E-state index in [-0.39, 0.29) is 33.8 Å². The maximum atomic E-state index is 10.7. The van der Waals surface area contributed by atoms with Crippen molar-refractivity contribution in [1.82, 2.24) is 0 Å². The summed E-state index contributed by atoms with van der Waals surface area (Å²) in [6, 6.07) is 13.7. The number of benzene rings is 3. The molecule has 0 radical (unpaired) electrons. The van der Waals surface area contributed by atoms with E-state index in [1.54, 1.807) is 36.4 Å². The summed E-state index contributed by atoms with van der Waals surface area (Å²) in [5, 5.41) is 39.9. The summed E-state index contributed by atoms with van der Waals surface area (Å²) in [5.41, 5.74) is 2.77. The fourth-order valence-corrected chi connectivity index (χ4v) is 3.42. The third kappa shape index (κ3) is 5.45. The summed E-state index contributed by atoms with van der Waals surface area (Å²) in [7, 11) is 0. The van der Waals surface area contributed by atoms with Crippen molar-refractivity contribution in [3.63, 3.8) is 0 Å². The summed E-state index contributed by atoms with van der Waals surface area (Å²) in [4.78, 5) is 11.1. The lowest BCUT2D eigenvalue weighted by molar-refractivity contribution is -0.103. The minimum absolute atomic E-state index is 0.0200. The summed E-state index contributed by atoms with van der Waals surface area (Å²) >= 11 is 0. The SMILES string of the molecule is CC(C)(C)c1cc(O)c(OOc2ccc(Cc3ccc(O)c(O)c3O)cc2)c(C(C)(C)C)c1. The van der Waals surface area contributed by atoms with Gasteiger partial charge in [0.15, 0.2) is 23.0 Å². The van der Waals surface area contributed by atoms with Crippen LogP contribution in [0.5, 0.6) is 34.5 Å². The molecule has 176 valence electrons. The second-order valence-corrected chi connectivity index (χ2v) is 10.3. The van der Waals surface area contributed by atoms with Crippen molar-refractivity contribution in [3.05, 3.63) is 70.8 Å². The van der Waals surface area contributed by atoms with Crippen LogP contribution in [0.4, 0.5) is 0 Å². The quantitative estimate of drug-likeness (QED) is 0.213. The molecule has 33 heavy (non-hydrogen) atoms. The standard InChI is InChI=1S/C27H32O6/c1-26(2,3)18-14-20(27(4,5)6)25(22(29)15-18)33-32-19-10-7-16(8-11-19)13-17-9-12-21(28)24(31)23(17)30/h7-12,14-15,28-31H,13H2,1-6H3. The molecule has 3 aromatic carbocycles. The summed E-state index contributed by atoms with van der Waals surface area (Å²) in [6.07, 6.45) is 0.351. The van der Waals surface area contributed by atoms with Crippen molar-refractivity contribution in [1.29, 1.82) is 0 Å². The van der Waals surface area contributed by atoms with E-state index in [1.807, 2.05) is 26.8 Å². The monoisotopic (exact) mass is 452 g/mol. The molecular weight excluding hydrogens is 420 g/mol. The number of rotatable bonds is 5. The molecule has 0 atom stereocenters. The minimum atomic E-state index is -0.534. The Morgan fingerprint density at radius 3 is 1.88 bits per heavy atom. The summed E-state index contributed by atoms with van der Waals surface area (Å²) < 4.78 is 0. The van der Waals surface area contributed by atoms with E-state index in [0.29, 0.717) is 17.7 Å². The van der Waals surface area contributed by atoms with Crippen LogP contribution in [-0.4, -0.2) is 20.4 Å². The molecule has 0 aliphatic carbocycles. The van der Waals surface area contributed by atoms with Gasteiger partial charge >= 0.3 is 0 Å². The van der Waals surface area contributed by atoms with Crippen LogP contribution >= 0.6 is 0 Å². The van der Waals surface area contributed by atoms with E-state index in [2.05, 4.69) is 20.8 Å². The largest absolute Gasteiger partial charge is 0.504 e. The lowest BCUT2D eigenvalue weighted by Gasteiger charge is -2.27. The molecule has 0 unspecified atom stereocenters. The van der Waals surface area contributed by atoms with Gasteiger partial charge in [-0.2, -0.15) is 0 Å². The number of aromatic hydroxyl groups is 4. The highest BCUT2D eigenvalue weighted by atomic mass is 17.2. The lowest BCUT2D eigenvalue weighted by atomic mass is 9.80. The normalized spacial score (nSPS) is 11.9. The highest BCUT2D eigenvalue weighted by Gasteiger charge is 2.27. The highest BCUT2D eigenvalue weighted by Crippen LogP contribution is 2.42. The molecule has 0 aliphatic heterocycles. The van der Waals surface area contributed by atoms with Crippen molar-refractivity contribution in [2.75, 3.05) is 0 Å². The average Bonchev–Trinajstić information content (AvgIpc) is 2.72. The van der Waals surface area contributed by atoms with E-state index in [0.717, 1.165) is 16.7 Å². The van der Waals surface area contributed by atoms with Crippen molar-refractivity contribution in [2.45, 2.75) is 58.8 Å². The van der Waals surface area contributed by atoms with E-state index in [9.17, 15) is 20.4 Å². The molecule has 0 bridgehead atoms. The zero-order chi connectivity index (χ0) is 24.6. The van der Waals surface area contributed by atoms with Gasteiger partial charge in [0.1, 0.15) is 0 Å². The van der Waals surface area contributed by atoms with Crippen LogP contribution in [0.25, 0.3) is 0 Å². The Labute approximate surface area is 194 Å². The molecule has 6 nitrogen and oxygen atoms in total. The third-order valence-corrected chi connectivity index (χ3v) is 5.50. The first kappa shape index (κ1) is 24.1. The van der Waals surface area contributed by atoms with Crippen LogP contribution in [0.2, 0.25) is 0 Å². The molecule has 0 aliphatic rings. The van der Waals surface area contributed by atoms with Gasteiger partial charge in [-0.05, 0) is 46.2 Å². The molecule has 0 amide bonds. The predicted octanol–water partition coefficient (Wildman–Crippen LogP) is 6.07. The maximum Gasteiger partial charge on any atom is 0.223 e. The number of phenolic OH excluding ortho intramolecular Hbond substituents is 4. The molecule has 0 aromatic heterocycles. The Balaban J connectivity index is 1.79. The molecule has 0 saturated heterocycles. The first-order valence-corrected chi connectivity index (χ1v) is 10.8. The van der Waals surface area contributed by atoms with Crippen molar-refractivity contribution < 1.29 is 30.2 Å². The van der Waals surface area contributed by atoms with Crippen LogP contribution in [0.1, 0.15) is 63.8 Å². The van der Waals surface area contributed by atoms with Crippen LogP contribution in [0.15, 0.2) is 48.5 Å². The Kier molecular flexibility index (Phi) is 6.41. The molecule has 0 spiro atoms. The van der Waals surface area contributed by atoms with Gasteiger partial charge in [-0.25, -0.2) is 0 Å². The van der Waals surface area contributed by atoms with Gasteiger partial charge in [-0.3, -0.25) is 9.78 Å². The van der Waals surface area contributed by atoms with Gasteiger partial charge in [0.25, 0.3) is 0 Å². The molecule has 3 rings (SSSR count). The predicted molar refractivity (Wildman–Crippen MR) is 127 cm³/mol. The minimum Gasteiger partial charge on any atom is -0.504 e. The summed E-state index contributed by atoms with van der Waals surface area (Å²) in [5.74, 6) is -0.507. The van der Waals surface area contributed by atoms with Crippen molar-refractivity contribution in [2.24, 2.45) is 0 Å². The van der Waals surface area contributed by atoms with Crippen LogP contribution in [0, 0.1) is 0 Å². The average molecular weight is 453 g/mol. The molecule has 0 fully saturated rings. The highest BCUT2D eigenvalue weighted by molar-refractivity contribution is 5.54. The van der Waals surface area contributed by atoms with Crippen LogP contribution in [-0.2, 0) is 17.3 Å². The fourth-order valence-electron chi connectivity index (χ4n) is 3.42. The zero-order valence-electron chi connectivity index (χ0n) is 19.9. The topological polar surface area (TPSA) is 99.4 Å². The Morgan fingerprint density at radius 2 is 1.30 bits per heavy atom. The maximum absolute atomic E-state index is 10.7. The van der Waals surface area contributed by atoms with Crippen LogP contribution in [0.3, 0.4) is 0 Å². The first-order valence-electron chi connectivity index (χ1n) is 10.8. The van der Waals surface area contributed by atoms with Gasteiger partial charge in [-0.15, -0.1) is 0 Å². The van der Waals surface area contributed by atoms with Crippen LogP contribution < -0.4 is 9.78 Å². The Hall–Kier alpha value is -3.54. The zero-order valence-corrected chi connectivity index (χ0v) is 19.9. The van der Waals surface area contributed by atoms with Gasteiger partial charge in [0, 0.05) is 17.5 Å². The molecule has 6 heteroatoms. The molecule has 3 aromatic rings. The molecular formula is C27H32O6. The van der Waals surface area contributed by atoms with Gasteiger partial charge in [-0.1, -0.05) is 65.8 Å². The molecule has 4 N–H and O–H groups in total.